The first-order valence-electron chi connectivity index (χ1n) is 2.45. The minimum Gasteiger partial charge on any atom is -0.317 e. The van der Waals surface area contributed by atoms with E-state index in [1.807, 2.05) is 0 Å². The summed E-state index contributed by atoms with van der Waals surface area (Å²) in [5.74, 6) is -0.0562. The molecule has 1 amide bonds. The molecule has 9 heavy (non-hydrogen) atoms. The fourth-order valence-electron chi connectivity index (χ4n) is 0.451. The van der Waals surface area contributed by atoms with E-state index in [0.29, 0.717) is 0 Å². The summed E-state index contributed by atoms with van der Waals surface area (Å²) in [6.07, 6.45) is 1.62. The summed E-state index contributed by atoms with van der Waals surface area (Å²) in [5.41, 5.74) is 1.67. The predicted molar refractivity (Wildman–Crippen MR) is 36.4 cm³/mol. The third kappa shape index (κ3) is 1.81. The van der Waals surface area contributed by atoms with E-state index in [1.165, 1.54) is 18.3 Å². The number of aromatic nitrogens is 1. The topological polar surface area (TPSA) is 42.0 Å². The Kier molecular flexibility index (Phi) is 1.79. The van der Waals surface area contributed by atoms with E-state index < -0.39 is 0 Å². The second kappa shape index (κ2) is 2.59. The van der Waals surface area contributed by atoms with Gasteiger partial charge in [-0.3, -0.25) is 9.78 Å². The van der Waals surface area contributed by atoms with E-state index in [2.05, 4.69) is 10.3 Å². The van der Waals surface area contributed by atoms with E-state index in [0.717, 1.165) is 5.00 Å². The maximum Gasteiger partial charge on any atom is 0.221 e. The molecule has 0 saturated heterocycles. The van der Waals surface area contributed by atoms with Gasteiger partial charge in [-0.15, -0.1) is 11.3 Å². The van der Waals surface area contributed by atoms with Crippen molar-refractivity contribution in [1.82, 2.24) is 4.98 Å². The Labute approximate surface area is 56.7 Å². The van der Waals surface area contributed by atoms with Crippen LogP contribution in [0, 0.1) is 0 Å². The molecule has 1 heterocycles. The zero-order chi connectivity index (χ0) is 6.69. The summed E-state index contributed by atoms with van der Waals surface area (Å²) in [6.45, 7) is 1.47. The first-order valence-corrected chi connectivity index (χ1v) is 3.33. The lowest BCUT2D eigenvalue weighted by atomic mass is 10.7. The first-order chi connectivity index (χ1) is 4.29. The second-order valence-electron chi connectivity index (χ2n) is 1.55. The van der Waals surface area contributed by atoms with Gasteiger partial charge in [-0.25, -0.2) is 0 Å². The molecule has 0 aliphatic heterocycles. The number of nitrogens with one attached hydrogen (secondary N) is 1. The number of nitrogens with zero attached hydrogens (tertiary/aromatic N) is 1. The van der Waals surface area contributed by atoms with Gasteiger partial charge < -0.3 is 5.32 Å². The third-order valence-corrected chi connectivity index (χ3v) is 1.42. The van der Waals surface area contributed by atoms with Crippen molar-refractivity contribution < 1.29 is 4.79 Å². The standard InChI is InChI=1S/C5H6N2OS/c1-4(8)7-5-2-6-3-9-5/h2-3H,1H3,(H,7,8). The van der Waals surface area contributed by atoms with Crippen LogP contribution in [-0.4, -0.2) is 10.9 Å². The molecule has 0 fully saturated rings. The highest BCUT2D eigenvalue weighted by molar-refractivity contribution is 7.13. The Morgan fingerprint density at radius 3 is 3.11 bits per heavy atom. The molecular weight excluding hydrogens is 136 g/mol. The molecule has 1 aromatic heterocycles. The summed E-state index contributed by atoms with van der Waals surface area (Å²) in [6, 6.07) is 0. The molecule has 0 aliphatic carbocycles. The van der Waals surface area contributed by atoms with Crippen molar-refractivity contribution in [1.29, 1.82) is 0 Å². The Bertz CT molecular complexity index is 195. The summed E-state index contributed by atoms with van der Waals surface area (Å²) >= 11 is 1.41. The van der Waals surface area contributed by atoms with Gasteiger partial charge in [-0.05, 0) is 0 Å². The highest BCUT2D eigenvalue weighted by Gasteiger charge is 1.93. The van der Waals surface area contributed by atoms with Gasteiger partial charge in [-0.2, -0.15) is 0 Å². The molecule has 0 bridgehead atoms. The molecule has 0 spiro atoms. The summed E-state index contributed by atoms with van der Waals surface area (Å²) < 4.78 is 0. The van der Waals surface area contributed by atoms with Crippen LogP contribution in [0.4, 0.5) is 5.00 Å². The van der Waals surface area contributed by atoms with Gasteiger partial charge in [0, 0.05) is 6.92 Å². The highest BCUT2D eigenvalue weighted by atomic mass is 32.1. The van der Waals surface area contributed by atoms with Gasteiger partial charge in [0.1, 0.15) is 5.00 Å². The number of rotatable bonds is 1. The van der Waals surface area contributed by atoms with Crippen LogP contribution in [0.25, 0.3) is 0 Å². The Morgan fingerprint density at radius 2 is 2.67 bits per heavy atom. The molecule has 0 unspecified atom stereocenters. The third-order valence-electron chi connectivity index (χ3n) is 0.732. The van der Waals surface area contributed by atoms with Crippen molar-refractivity contribution in [3.05, 3.63) is 11.7 Å². The van der Waals surface area contributed by atoms with Crippen molar-refractivity contribution in [2.24, 2.45) is 0 Å². The van der Waals surface area contributed by atoms with Crippen LogP contribution in [0.15, 0.2) is 11.7 Å². The molecule has 0 saturated carbocycles. The fraction of sp³-hybridized carbons (Fsp3) is 0.200. The summed E-state index contributed by atoms with van der Waals surface area (Å²) in [4.78, 5) is 14.2. The van der Waals surface area contributed by atoms with E-state index in [4.69, 9.17) is 0 Å². The zero-order valence-corrected chi connectivity index (χ0v) is 5.73. The normalized spacial score (nSPS) is 9.00. The monoisotopic (exact) mass is 142 g/mol. The number of carbonyl (C=O) groups excluding carboxylic acids is 1. The van der Waals surface area contributed by atoms with Crippen LogP contribution in [0.2, 0.25) is 0 Å². The van der Waals surface area contributed by atoms with Gasteiger partial charge in [-0.1, -0.05) is 0 Å². The van der Waals surface area contributed by atoms with Crippen LogP contribution < -0.4 is 5.32 Å². The first kappa shape index (κ1) is 6.22. The lowest BCUT2D eigenvalue weighted by Gasteiger charge is -1.91. The van der Waals surface area contributed by atoms with Crippen molar-refractivity contribution in [2.45, 2.75) is 6.92 Å². The van der Waals surface area contributed by atoms with E-state index in [1.54, 1.807) is 11.7 Å². The fourth-order valence-corrected chi connectivity index (χ4v) is 1.01. The van der Waals surface area contributed by atoms with Crippen LogP contribution in [0.3, 0.4) is 0 Å². The maximum atomic E-state index is 10.4. The number of carbonyl (C=O) groups is 1. The Morgan fingerprint density at radius 1 is 1.89 bits per heavy atom. The smallest absolute Gasteiger partial charge is 0.221 e. The lowest BCUT2D eigenvalue weighted by Crippen LogP contribution is -2.03. The molecule has 48 valence electrons. The highest BCUT2D eigenvalue weighted by Crippen LogP contribution is 2.11. The van der Waals surface area contributed by atoms with Crippen molar-refractivity contribution in [3.63, 3.8) is 0 Å². The molecule has 1 rings (SSSR count). The molecule has 0 aromatic carbocycles. The summed E-state index contributed by atoms with van der Waals surface area (Å²) in [7, 11) is 0. The molecule has 4 heteroatoms. The molecule has 0 aliphatic rings. The maximum absolute atomic E-state index is 10.4. The Balaban J connectivity index is 2.58. The molecule has 0 radical (unpaired) electrons. The number of hydrogen-bond donors (Lipinski definition) is 1. The number of anilines is 1. The minimum absolute atomic E-state index is 0.0562. The van der Waals surface area contributed by atoms with Crippen LogP contribution in [0.1, 0.15) is 6.92 Å². The van der Waals surface area contributed by atoms with Gasteiger partial charge in [0.15, 0.2) is 0 Å². The number of amides is 1. The molecule has 3 nitrogen and oxygen atoms in total. The molecule has 1 aromatic rings. The second-order valence-corrected chi connectivity index (χ2v) is 2.43. The SMILES string of the molecule is CC(=O)Nc1cncs1. The summed E-state index contributed by atoms with van der Waals surface area (Å²) in [5, 5.41) is 3.40. The number of thiazole rings is 1. The largest absolute Gasteiger partial charge is 0.317 e. The van der Waals surface area contributed by atoms with Crippen LogP contribution >= 0.6 is 11.3 Å². The average molecular weight is 142 g/mol. The number of hydrogen-bond acceptors (Lipinski definition) is 3. The molecular formula is C5H6N2OS. The lowest BCUT2D eigenvalue weighted by molar-refractivity contribution is -0.114. The van der Waals surface area contributed by atoms with Gasteiger partial charge in [0.05, 0.1) is 11.7 Å². The van der Waals surface area contributed by atoms with E-state index in [9.17, 15) is 4.79 Å². The Hall–Kier alpha value is -0.900. The van der Waals surface area contributed by atoms with Crippen molar-refractivity contribution >= 4 is 22.2 Å². The van der Waals surface area contributed by atoms with Crippen molar-refractivity contribution in [3.8, 4) is 0 Å². The quantitative estimate of drug-likeness (QED) is 0.638. The molecule has 0 atom stereocenters. The zero-order valence-electron chi connectivity index (χ0n) is 4.92. The molecule has 1 N–H and O–H groups in total. The van der Waals surface area contributed by atoms with Crippen LogP contribution in [0.5, 0.6) is 0 Å². The average Bonchev–Trinajstić information content (AvgIpc) is 2.15. The van der Waals surface area contributed by atoms with Gasteiger partial charge >= 0.3 is 0 Å². The van der Waals surface area contributed by atoms with Crippen molar-refractivity contribution in [2.75, 3.05) is 5.32 Å². The predicted octanol–water partition coefficient (Wildman–Crippen LogP) is 1.10. The van der Waals surface area contributed by atoms with Crippen LogP contribution in [-0.2, 0) is 4.79 Å². The van der Waals surface area contributed by atoms with E-state index in [-0.39, 0.29) is 5.91 Å². The minimum atomic E-state index is -0.0562. The van der Waals surface area contributed by atoms with E-state index >= 15 is 0 Å². The van der Waals surface area contributed by atoms with Gasteiger partial charge in [0.2, 0.25) is 5.91 Å². The van der Waals surface area contributed by atoms with Gasteiger partial charge in [0.25, 0.3) is 0 Å².